The van der Waals surface area contributed by atoms with Crippen LogP contribution >= 0.6 is 0 Å². The van der Waals surface area contributed by atoms with E-state index < -0.39 is 15.1 Å². The topological polar surface area (TPSA) is 66.9 Å². The molecule has 1 atom stereocenters. The summed E-state index contributed by atoms with van der Waals surface area (Å²) in [6.45, 7) is 3.78. The number of ether oxygens (including phenoxy) is 1. The Bertz CT molecular complexity index is 939. The first-order valence-electron chi connectivity index (χ1n) is 10.0. The number of hydrogen-bond acceptors (Lipinski definition) is 5. The Labute approximate surface area is 172 Å². The molecule has 0 aliphatic carbocycles. The van der Waals surface area contributed by atoms with E-state index in [4.69, 9.17) is 4.74 Å². The molecule has 2 aliphatic rings. The van der Waals surface area contributed by atoms with Gasteiger partial charge in [-0.3, -0.25) is 4.79 Å². The molecule has 7 heteroatoms. The van der Waals surface area contributed by atoms with E-state index in [0.29, 0.717) is 31.7 Å². The van der Waals surface area contributed by atoms with Crippen LogP contribution in [0.2, 0.25) is 0 Å². The molecule has 0 bridgehead atoms. The molecule has 154 valence electrons. The molecule has 2 aromatic carbocycles. The van der Waals surface area contributed by atoms with Gasteiger partial charge in [-0.25, -0.2) is 8.42 Å². The predicted molar refractivity (Wildman–Crippen MR) is 113 cm³/mol. The quantitative estimate of drug-likeness (QED) is 0.772. The van der Waals surface area contributed by atoms with Gasteiger partial charge in [-0.1, -0.05) is 30.3 Å². The molecule has 1 amide bonds. The number of carbonyl (C=O) groups is 1. The fraction of sp³-hybridized carbons (Fsp3) is 0.409. The molecular formula is C22H26N2O4S. The van der Waals surface area contributed by atoms with Gasteiger partial charge in [0.2, 0.25) is 0 Å². The van der Waals surface area contributed by atoms with Gasteiger partial charge in [0.25, 0.3) is 5.91 Å². The van der Waals surface area contributed by atoms with Gasteiger partial charge in [0, 0.05) is 37.4 Å². The second-order valence-corrected chi connectivity index (χ2v) is 9.80. The van der Waals surface area contributed by atoms with Crippen molar-refractivity contribution in [1.82, 2.24) is 4.90 Å². The van der Waals surface area contributed by atoms with Crippen molar-refractivity contribution < 1.29 is 17.9 Å². The highest BCUT2D eigenvalue weighted by Gasteiger charge is 2.32. The summed E-state index contributed by atoms with van der Waals surface area (Å²) in [6.07, 6.45) is 0.421. The van der Waals surface area contributed by atoms with E-state index in [9.17, 15) is 13.2 Å². The standard InChI is InChI=1S/C22H26N2O4S/c25-22(19-6-8-20(9-7-19)23-12-15-28-16-13-23)24-11-10-21(29(26,27)17-14-24)18-4-2-1-3-5-18/h1-9,21H,10-17H2. The second kappa shape index (κ2) is 8.55. The van der Waals surface area contributed by atoms with Gasteiger partial charge >= 0.3 is 0 Å². The van der Waals surface area contributed by atoms with Gasteiger partial charge in [-0.2, -0.15) is 0 Å². The lowest BCUT2D eigenvalue weighted by Crippen LogP contribution is -2.36. The van der Waals surface area contributed by atoms with Crippen molar-refractivity contribution in [2.75, 3.05) is 50.0 Å². The van der Waals surface area contributed by atoms with E-state index in [2.05, 4.69) is 4.90 Å². The molecule has 2 aromatic rings. The lowest BCUT2D eigenvalue weighted by molar-refractivity contribution is 0.0766. The van der Waals surface area contributed by atoms with Gasteiger partial charge in [0.1, 0.15) is 0 Å². The van der Waals surface area contributed by atoms with Crippen LogP contribution in [-0.2, 0) is 14.6 Å². The normalized spacial score (nSPS) is 22.1. The lowest BCUT2D eigenvalue weighted by atomic mass is 10.1. The fourth-order valence-electron chi connectivity index (χ4n) is 4.01. The molecule has 0 N–H and O–H groups in total. The third kappa shape index (κ3) is 4.46. The molecule has 2 fully saturated rings. The van der Waals surface area contributed by atoms with Crippen molar-refractivity contribution in [2.45, 2.75) is 11.7 Å². The van der Waals surface area contributed by atoms with E-state index in [-0.39, 0.29) is 18.2 Å². The molecular weight excluding hydrogens is 388 g/mol. The van der Waals surface area contributed by atoms with Crippen molar-refractivity contribution in [1.29, 1.82) is 0 Å². The van der Waals surface area contributed by atoms with Crippen molar-refractivity contribution in [3.05, 3.63) is 65.7 Å². The Morgan fingerprint density at radius 2 is 1.59 bits per heavy atom. The minimum Gasteiger partial charge on any atom is -0.378 e. The summed E-state index contributed by atoms with van der Waals surface area (Å²) in [7, 11) is -3.30. The second-order valence-electron chi connectivity index (χ2n) is 7.49. The first kappa shape index (κ1) is 19.9. The number of morpholine rings is 1. The Balaban J connectivity index is 1.46. The molecule has 0 saturated carbocycles. The summed E-state index contributed by atoms with van der Waals surface area (Å²) >= 11 is 0. The Morgan fingerprint density at radius 3 is 2.28 bits per heavy atom. The Kier molecular flexibility index (Phi) is 5.87. The van der Waals surface area contributed by atoms with E-state index in [1.165, 1.54) is 0 Å². The van der Waals surface area contributed by atoms with E-state index in [0.717, 1.165) is 24.3 Å². The summed E-state index contributed by atoms with van der Waals surface area (Å²) in [4.78, 5) is 16.9. The van der Waals surface area contributed by atoms with Gasteiger partial charge in [0.15, 0.2) is 9.84 Å². The molecule has 29 heavy (non-hydrogen) atoms. The fourth-order valence-corrected chi connectivity index (χ4v) is 5.80. The van der Waals surface area contributed by atoms with Gasteiger partial charge in [0.05, 0.1) is 24.2 Å². The average molecular weight is 415 g/mol. The highest BCUT2D eigenvalue weighted by molar-refractivity contribution is 7.91. The van der Waals surface area contributed by atoms with E-state index >= 15 is 0 Å². The minimum atomic E-state index is -3.30. The van der Waals surface area contributed by atoms with Crippen molar-refractivity contribution in [3.63, 3.8) is 0 Å². The van der Waals surface area contributed by atoms with Gasteiger partial charge in [-0.15, -0.1) is 0 Å². The third-order valence-corrected chi connectivity index (χ3v) is 7.82. The van der Waals surface area contributed by atoms with Crippen LogP contribution in [0.15, 0.2) is 54.6 Å². The van der Waals surface area contributed by atoms with Crippen LogP contribution in [0, 0.1) is 0 Å². The highest BCUT2D eigenvalue weighted by atomic mass is 32.2. The predicted octanol–water partition coefficient (Wildman–Crippen LogP) is 2.53. The smallest absolute Gasteiger partial charge is 0.253 e. The molecule has 0 aromatic heterocycles. The zero-order chi connectivity index (χ0) is 20.3. The van der Waals surface area contributed by atoms with Crippen LogP contribution in [-0.4, -0.2) is 64.4 Å². The van der Waals surface area contributed by atoms with Crippen LogP contribution in [0.4, 0.5) is 5.69 Å². The van der Waals surface area contributed by atoms with Crippen LogP contribution in [0.5, 0.6) is 0 Å². The van der Waals surface area contributed by atoms with Crippen molar-refractivity contribution >= 4 is 21.4 Å². The van der Waals surface area contributed by atoms with Crippen molar-refractivity contribution in [3.8, 4) is 0 Å². The van der Waals surface area contributed by atoms with E-state index in [1.807, 2.05) is 54.6 Å². The number of carbonyl (C=O) groups excluding carboxylic acids is 1. The Hall–Kier alpha value is -2.38. The largest absolute Gasteiger partial charge is 0.378 e. The number of benzene rings is 2. The molecule has 6 nitrogen and oxygen atoms in total. The first-order chi connectivity index (χ1) is 14.0. The lowest BCUT2D eigenvalue weighted by Gasteiger charge is -2.29. The average Bonchev–Trinajstić information content (AvgIpc) is 2.92. The Morgan fingerprint density at radius 1 is 0.897 bits per heavy atom. The zero-order valence-electron chi connectivity index (χ0n) is 16.4. The van der Waals surface area contributed by atoms with Gasteiger partial charge < -0.3 is 14.5 Å². The molecule has 1 unspecified atom stereocenters. The minimum absolute atomic E-state index is 0.00976. The van der Waals surface area contributed by atoms with Crippen molar-refractivity contribution in [2.24, 2.45) is 0 Å². The monoisotopic (exact) mass is 414 g/mol. The number of sulfone groups is 1. The van der Waals surface area contributed by atoms with Gasteiger partial charge in [-0.05, 0) is 36.2 Å². The number of hydrogen-bond donors (Lipinski definition) is 0. The van der Waals surface area contributed by atoms with Crippen LogP contribution < -0.4 is 4.90 Å². The molecule has 2 aliphatic heterocycles. The molecule has 2 saturated heterocycles. The number of rotatable bonds is 3. The maximum absolute atomic E-state index is 13.0. The maximum atomic E-state index is 13.0. The maximum Gasteiger partial charge on any atom is 0.253 e. The summed E-state index contributed by atoms with van der Waals surface area (Å²) in [5.74, 6) is -0.119. The molecule has 2 heterocycles. The summed E-state index contributed by atoms with van der Waals surface area (Å²) < 4.78 is 30.9. The number of nitrogens with zero attached hydrogens (tertiary/aromatic N) is 2. The summed E-state index contributed by atoms with van der Waals surface area (Å²) in [6, 6.07) is 16.9. The van der Waals surface area contributed by atoms with Crippen LogP contribution in [0.3, 0.4) is 0 Å². The zero-order valence-corrected chi connectivity index (χ0v) is 17.2. The van der Waals surface area contributed by atoms with Crippen LogP contribution in [0.25, 0.3) is 0 Å². The molecule has 0 radical (unpaired) electrons. The number of amides is 1. The number of anilines is 1. The molecule has 0 spiro atoms. The first-order valence-corrected chi connectivity index (χ1v) is 11.7. The summed E-state index contributed by atoms with van der Waals surface area (Å²) in [5, 5.41) is -0.551. The third-order valence-electron chi connectivity index (χ3n) is 5.69. The van der Waals surface area contributed by atoms with E-state index in [1.54, 1.807) is 4.90 Å². The molecule has 4 rings (SSSR count). The summed E-state index contributed by atoms with van der Waals surface area (Å²) in [5.41, 5.74) is 2.47. The van der Waals surface area contributed by atoms with Crippen LogP contribution in [0.1, 0.15) is 27.6 Å². The highest BCUT2D eigenvalue weighted by Crippen LogP contribution is 2.30. The SMILES string of the molecule is O=C(c1ccc(N2CCOCC2)cc1)N1CCC(c2ccccc2)S(=O)(=O)CC1.